The molecule has 0 rings (SSSR count). The molecule has 0 radical (unpaired) electrons. The summed E-state index contributed by atoms with van der Waals surface area (Å²) in [4.78, 5) is 16.5. The van der Waals surface area contributed by atoms with Gasteiger partial charge in [0.2, 0.25) is 0 Å². The Balaban J connectivity index is -0.0000000450. The molecular weight excluding hydrogens is 248 g/mol. The molecule has 11 nitrogen and oxygen atoms in total. The predicted molar refractivity (Wildman–Crippen MR) is 33.1 cm³/mol. The molecule has 0 aliphatic heterocycles. The summed E-state index contributed by atoms with van der Waals surface area (Å²) >= 11 is 0. The van der Waals surface area contributed by atoms with Gasteiger partial charge >= 0.3 is 26.8 Å². The number of hydrogen-bond acceptors (Lipinski definition) is 9. The molecule has 0 bridgehead atoms. The zero-order chi connectivity index (χ0) is 10.7. The fraction of sp³-hybridized carbons (Fsp3) is 0. The Morgan fingerprint density at radius 3 is 0.846 bits per heavy atom. The molecule has 0 fully saturated rings. The fourth-order valence-electron chi connectivity index (χ4n) is 0. The van der Waals surface area contributed by atoms with Gasteiger partial charge in [-0.05, 0) is 0 Å². The van der Waals surface area contributed by atoms with Crippen molar-refractivity contribution < 1.29 is 44.7 Å². The second-order valence-corrected chi connectivity index (χ2v) is 0.794. The van der Waals surface area contributed by atoms with Crippen molar-refractivity contribution in [2.45, 2.75) is 0 Å². The number of hydrogen-bond donors (Lipinski definition) is 3. The Kier molecular flexibility index (Phi) is 29.9. The maximum Gasteiger partial charge on any atom is 2.00 e. The Hall–Kier alpha value is -1.03. The Morgan fingerprint density at radius 1 is 0.846 bits per heavy atom. The van der Waals surface area contributed by atoms with E-state index in [4.69, 9.17) is 45.7 Å². The minimum atomic E-state index is -2.17. The van der Waals surface area contributed by atoms with E-state index in [0.29, 0.717) is 0 Å². The van der Waals surface area contributed by atoms with Crippen LogP contribution >= 0.6 is 0 Å². The van der Waals surface area contributed by atoms with Crippen molar-refractivity contribution in [1.29, 1.82) is 0 Å². The molecule has 0 aliphatic rings. The van der Waals surface area contributed by atoms with E-state index in [-0.39, 0.29) is 19.5 Å². The van der Waals surface area contributed by atoms with Crippen molar-refractivity contribution in [3.63, 3.8) is 0 Å². The van der Waals surface area contributed by atoms with Crippen LogP contribution in [0.5, 0.6) is 0 Å². The van der Waals surface area contributed by atoms with Gasteiger partial charge in [0, 0.05) is 0 Å². The zero-order valence-corrected chi connectivity index (χ0v) is 8.94. The minimum absolute atomic E-state index is 0. The molecule has 13 heavy (non-hydrogen) atoms. The zero-order valence-electron chi connectivity index (χ0n) is 5.97. The molecule has 0 saturated carbocycles. The van der Waals surface area contributed by atoms with E-state index in [0.717, 1.165) is 0 Å². The molecule has 0 unspecified atom stereocenters. The van der Waals surface area contributed by atoms with Crippen LogP contribution in [0, 0.1) is 30.6 Å². The minimum Gasteiger partial charge on any atom is -0.402 e. The van der Waals surface area contributed by atoms with Crippen LogP contribution in [0.15, 0.2) is 0 Å². The first-order chi connectivity index (χ1) is 5.20. The molecule has 72 valence electrons. The van der Waals surface area contributed by atoms with Crippen molar-refractivity contribution >= 4 is 7.32 Å². The molecular formula is H3BN2O9Zn. The predicted octanol–water partition coefficient (Wildman–Crippen LogP) is -2.53. The van der Waals surface area contributed by atoms with E-state index in [2.05, 4.69) is 0 Å². The van der Waals surface area contributed by atoms with Crippen molar-refractivity contribution in [2.24, 2.45) is 0 Å². The van der Waals surface area contributed by atoms with E-state index >= 15 is 0 Å². The molecule has 0 saturated heterocycles. The van der Waals surface area contributed by atoms with Gasteiger partial charge in [0.05, 0.1) is 10.2 Å². The molecule has 0 atom stereocenters. The van der Waals surface area contributed by atoms with Crippen LogP contribution in [0.25, 0.3) is 0 Å². The summed E-state index contributed by atoms with van der Waals surface area (Å²) in [5, 5.41) is 51.0. The molecule has 0 aromatic heterocycles. The molecule has 3 N–H and O–H groups in total. The SMILES string of the molecule is O=[N+]([O-])[O-].O=[N+]([O-])[O-].OB(O)O.[Zn+2]. The van der Waals surface area contributed by atoms with E-state index in [1.807, 2.05) is 0 Å². The Bertz CT molecular complexity index is 102. The summed E-state index contributed by atoms with van der Waals surface area (Å²) in [6.07, 6.45) is 0. The van der Waals surface area contributed by atoms with Gasteiger partial charge in [-0.1, -0.05) is 0 Å². The number of rotatable bonds is 0. The third-order valence-corrected chi connectivity index (χ3v) is 0. The van der Waals surface area contributed by atoms with E-state index in [1.54, 1.807) is 0 Å². The van der Waals surface area contributed by atoms with Gasteiger partial charge in [0.15, 0.2) is 0 Å². The van der Waals surface area contributed by atoms with Gasteiger partial charge in [-0.3, -0.25) is 0 Å². The first kappa shape index (κ1) is 22.7. The molecule has 0 amide bonds. The normalized spacial score (nSPS) is 5.77. The molecule has 13 heteroatoms. The van der Waals surface area contributed by atoms with Gasteiger partial charge < -0.3 is 45.7 Å². The Morgan fingerprint density at radius 2 is 0.846 bits per heavy atom. The smallest absolute Gasteiger partial charge is 0.402 e. The van der Waals surface area contributed by atoms with Crippen molar-refractivity contribution in [2.75, 3.05) is 0 Å². The van der Waals surface area contributed by atoms with Gasteiger partial charge in [0.25, 0.3) is 0 Å². The first-order valence-electron chi connectivity index (χ1n) is 1.87. The van der Waals surface area contributed by atoms with Crippen LogP contribution in [0.3, 0.4) is 0 Å². The molecule has 0 aliphatic carbocycles. The molecule has 0 spiro atoms. The Labute approximate surface area is 83.4 Å². The second kappa shape index (κ2) is 17.2. The average Bonchev–Trinajstić information content (AvgIpc) is 1.54. The summed E-state index contributed by atoms with van der Waals surface area (Å²) in [5.74, 6) is 0. The molecule has 0 aromatic rings. The van der Waals surface area contributed by atoms with Crippen LogP contribution in [-0.2, 0) is 19.5 Å². The van der Waals surface area contributed by atoms with Crippen molar-refractivity contribution in [3.05, 3.63) is 30.6 Å². The summed E-state index contributed by atoms with van der Waals surface area (Å²) in [6, 6.07) is 0. The van der Waals surface area contributed by atoms with Crippen LogP contribution in [0.4, 0.5) is 0 Å². The topological polar surface area (TPSA) is 193 Å². The standard InChI is InChI=1S/BH3O3.2NO3.Zn/c3*2-1(3)4;/h2-4H;;;/q;2*-1;+2. The third kappa shape index (κ3) is 829. The quantitative estimate of drug-likeness (QED) is 0.236. The summed E-state index contributed by atoms with van der Waals surface area (Å²) < 4.78 is 0. The monoisotopic (exact) mass is 250 g/mol. The average molecular weight is 251 g/mol. The third-order valence-electron chi connectivity index (χ3n) is 0. The maximum absolute atomic E-state index is 8.25. The van der Waals surface area contributed by atoms with Gasteiger partial charge in [-0.15, -0.1) is 0 Å². The van der Waals surface area contributed by atoms with Gasteiger partial charge in [0.1, 0.15) is 0 Å². The first-order valence-corrected chi connectivity index (χ1v) is 1.87. The number of nitrogens with zero attached hydrogens (tertiary/aromatic N) is 2. The summed E-state index contributed by atoms with van der Waals surface area (Å²) in [7, 11) is -2.17. The van der Waals surface area contributed by atoms with Crippen LogP contribution in [0.2, 0.25) is 0 Å². The second-order valence-electron chi connectivity index (χ2n) is 0.794. The van der Waals surface area contributed by atoms with Crippen molar-refractivity contribution in [1.82, 2.24) is 0 Å². The van der Waals surface area contributed by atoms with E-state index in [1.165, 1.54) is 0 Å². The summed E-state index contributed by atoms with van der Waals surface area (Å²) in [6.45, 7) is 0. The maximum atomic E-state index is 8.25. The van der Waals surface area contributed by atoms with E-state index in [9.17, 15) is 0 Å². The van der Waals surface area contributed by atoms with Gasteiger partial charge in [-0.25, -0.2) is 0 Å². The largest absolute Gasteiger partial charge is 2.00 e. The fourth-order valence-corrected chi connectivity index (χ4v) is 0. The van der Waals surface area contributed by atoms with Gasteiger partial charge in [-0.2, -0.15) is 0 Å². The molecule has 0 heterocycles. The van der Waals surface area contributed by atoms with Crippen LogP contribution < -0.4 is 0 Å². The summed E-state index contributed by atoms with van der Waals surface area (Å²) in [5.41, 5.74) is 0. The van der Waals surface area contributed by atoms with Crippen molar-refractivity contribution in [3.8, 4) is 0 Å². The van der Waals surface area contributed by atoms with Crippen LogP contribution in [-0.4, -0.2) is 32.6 Å². The molecule has 0 aromatic carbocycles. The van der Waals surface area contributed by atoms with Crippen LogP contribution in [0.1, 0.15) is 0 Å². The van der Waals surface area contributed by atoms with E-state index < -0.39 is 17.5 Å².